The molecule has 27 heavy (non-hydrogen) atoms. The van der Waals surface area contributed by atoms with Gasteiger partial charge in [0.25, 0.3) is 5.91 Å². The van der Waals surface area contributed by atoms with Crippen LogP contribution in [-0.4, -0.2) is 38.2 Å². The molecule has 0 bridgehead atoms. The van der Waals surface area contributed by atoms with Crippen molar-refractivity contribution in [3.63, 3.8) is 0 Å². The Bertz CT molecular complexity index is 788. The summed E-state index contributed by atoms with van der Waals surface area (Å²) < 4.78 is 16.6. The topological polar surface area (TPSA) is 48.0 Å². The summed E-state index contributed by atoms with van der Waals surface area (Å²) in [7, 11) is 4.99. The maximum atomic E-state index is 12.9. The molecule has 0 aliphatic heterocycles. The summed E-state index contributed by atoms with van der Waals surface area (Å²) in [5.41, 5.74) is 3.09. The number of carbonyl (C=O) groups excluding carboxylic acids is 1. The predicted octanol–water partition coefficient (Wildman–Crippen LogP) is 4.14. The van der Waals surface area contributed by atoms with Gasteiger partial charge in [0.15, 0.2) is 17.6 Å². The lowest BCUT2D eigenvalue weighted by Gasteiger charge is -2.25. The third-order valence-electron chi connectivity index (χ3n) is 4.50. The van der Waals surface area contributed by atoms with Gasteiger partial charge < -0.3 is 19.1 Å². The van der Waals surface area contributed by atoms with Gasteiger partial charge in [0, 0.05) is 13.6 Å². The van der Waals surface area contributed by atoms with E-state index in [9.17, 15) is 4.79 Å². The predicted molar refractivity (Wildman–Crippen MR) is 107 cm³/mol. The Hall–Kier alpha value is -2.69. The number of benzene rings is 2. The third kappa shape index (κ3) is 5.16. The second kappa shape index (κ2) is 9.31. The minimum atomic E-state index is -0.518. The molecule has 1 atom stereocenters. The van der Waals surface area contributed by atoms with Crippen LogP contribution in [0.2, 0.25) is 0 Å². The molecule has 0 saturated heterocycles. The van der Waals surface area contributed by atoms with E-state index >= 15 is 0 Å². The van der Waals surface area contributed by atoms with Crippen molar-refractivity contribution in [3.8, 4) is 17.2 Å². The molecule has 2 rings (SSSR count). The van der Waals surface area contributed by atoms with Crippen LogP contribution in [0.1, 0.15) is 30.0 Å². The molecule has 0 spiro atoms. The standard InChI is InChI=1S/C22H29NO4/c1-7-18(27-20-12-15(2)8-9-16(20)3)22(24)23(4)14-17-10-11-19(25-5)21(13-17)26-6/h8-13,18H,7,14H2,1-6H3. The van der Waals surface area contributed by atoms with E-state index in [1.54, 1.807) is 26.2 Å². The zero-order valence-electron chi connectivity index (χ0n) is 17.0. The highest BCUT2D eigenvalue weighted by molar-refractivity contribution is 5.81. The number of likely N-dealkylation sites (N-methyl/N-ethyl adjacent to an activating group) is 1. The molecule has 0 heterocycles. The van der Waals surface area contributed by atoms with Crippen LogP contribution < -0.4 is 14.2 Å². The third-order valence-corrected chi connectivity index (χ3v) is 4.50. The lowest BCUT2D eigenvalue weighted by atomic mass is 10.1. The maximum absolute atomic E-state index is 12.9. The van der Waals surface area contributed by atoms with E-state index in [-0.39, 0.29) is 5.91 Å². The minimum absolute atomic E-state index is 0.0480. The fourth-order valence-corrected chi connectivity index (χ4v) is 2.87. The quantitative estimate of drug-likeness (QED) is 0.700. The first-order valence-electron chi connectivity index (χ1n) is 9.09. The van der Waals surface area contributed by atoms with E-state index in [0.29, 0.717) is 24.5 Å². The second-order valence-electron chi connectivity index (χ2n) is 6.67. The number of ether oxygens (including phenoxy) is 3. The highest BCUT2D eigenvalue weighted by atomic mass is 16.5. The number of rotatable bonds is 8. The molecule has 0 aromatic heterocycles. The van der Waals surface area contributed by atoms with Crippen LogP contribution in [0, 0.1) is 13.8 Å². The molecule has 0 aliphatic carbocycles. The molecule has 2 aromatic rings. The molecule has 0 saturated carbocycles. The maximum Gasteiger partial charge on any atom is 0.263 e. The first-order chi connectivity index (χ1) is 12.9. The summed E-state index contributed by atoms with van der Waals surface area (Å²) in [5, 5.41) is 0. The number of carbonyl (C=O) groups is 1. The van der Waals surface area contributed by atoms with Gasteiger partial charge in [-0.1, -0.05) is 25.1 Å². The van der Waals surface area contributed by atoms with Crippen molar-refractivity contribution in [3.05, 3.63) is 53.1 Å². The Morgan fingerprint density at radius 2 is 1.70 bits per heavy atom. The average molecular weight is 371 g/mol. The molecule has 0 fully saturated rings. The summed E-state index contributed by atoms with van der Waals surface area (Å²) in [5.74, 6) is 2.03. The van der Waals surface area contributed by atoms with Gasteiger partial charge in [-0.3, -0.25) is 4.79 Å². The monoisotopic (exact) mass is 371 g/mol. The fraction of sp³-hybridized carbons (Fsp3) is 0.409. The van der Waals surface area contributed by atoms with E-state index in [4.69, 9.17) is 14.2 Å². The molecular weight excluding hydrogens is 342 g/mol. The largest absolute Gasteiger partial charge is 0.493 e. The molecule has 1 amide bonds. The molecule has 0 radical (unpaired) electrons. The summed E-state index contributed by atoms with van der Waals surface area (Å²) in [6.45, 7) is 6.42. The Morgan fingerprint density at radius 1 is 1.00 bits per heavy atom. The van der Waals surface area contributed by atoms with Gasteiger partial charge in [0.1, 0.15) is 5.75 Å². The van der Waals surface area contributed by atoms with Gasteiger partial charge >= 0.3 is 0 Å². The van der Waals surface area contributed by atoms with Crippen molar-refractivity contribution in [1.82, 2.24) is 4.90 Å². The highest BCUT2D eigenvalue weighted by Crippen LogP contribution is 2.28. The highest BCUT2D eigenvalue weighted by Gasteiger charge is 2.23. The Labute approximate surface area is 161 Å². The van der Waals surface area contributed by atoms with Crippen molar-refractivity contribution in [1.29, 1.82) is 0 Å². The van der Waals surface area contributed by atoms with Crippen molar-refractivity contribution in [2.24, 2.45) is 0 Å². The van der Waals surface area contributed by atoms with Crippen molar-refractivity contribution >= 4 is 5.91 Å². The van der Waals surface area contributed by atoms with Gasteiger partial charge in [0.2, 0.25) is 0 Å². The van der Waals surface area contributed by atoms with Crippen molar-refractivity contribution < 1.29 is 19.0 Å². The molecule has 2 aromatic carbocycles. The number of aryl methyl sites for hydroxylation is 2. The summed E-state index contributed by atoms with van der Waals surface area (Å²) >= 11 is 0. The molecular formula is C22H29NO4. The van der Waals surface area contributed by atoms with Gasteiger partial charge in [-0.15, -0.1) is 0 Å². The average Bonchev–Trinajstić information content (AvgIpc) is 2.67. The van der Waals surface area contributed by atoms with E-state index in [2.05, 4.69) is 0 Å². The second-order valence-corrected chi connectivity index (χ2v) is 6.67. The number of hydrogen-bond acceptors (Lipinski definition) is 4. The van der Waals surface area contributed by atoms with Crippen molar-refractivity contribution in [2.45, 2.75) is 39.8 Å². The first kappa shape index (κ1) is 20.6. The van der Waals surface area contributed by atoms with Gasteiger partial charge in [-0.05, 0) is 55.2 Å². The fourth-order valence-electron chi connectivity index (χ4n) is 2.87. The molecule has 0 aliphatic rings. The molecule has 1 unspecified atom stereocenters. The zero-order chi connectivity index (χ0) is 20.0. The van der Waals surface area contributed by atoms with Crippen molar-refractivity contribution in [2.75, 3.05) is 21.3 Å². The summed E-state index contributed by atoms with van der Waals surface area (Å²) in [4.78, 5) is 14.6. The normalized spacial score (nSPS) is 11.6. The number of methoxy groups -OCH3 is 2. The number of nitrogens with zero attached hydrogens (tertiary/aromatic N) is 1. The van der Waals surface area contributed by atoms with Crippen LogP contribution in [0.25, 0.3) is 0 Å². The minimum Gasteiger partial charge on any atom is -0.493 e. The smallest absolute Gasteiger partial charge is 0.263 e. The molecule has 146 valence electrons. The lowest BCUT2D eigenvalue weighted by Crippen LogP contribution is -2.39. The first-order valence-corrected chi connectivity index (χ1v) is 9.09. The van der Waals surface area contributed by atoms with Crippen LogP contribution in [-0.2, 0) is 11.3 Å². The van der Waals surface area contributed by atoms with Crippen LogP contribution in [0.4, 0.5) is 0 Å². The van der Waals surface area contributed by atoms with Gasteiger partial charge in [-0.2, -0.15) is 0 Å². The van der Waals surface area contributed by atoms with Crippen LogP contribution >= 0.6 is 0 Å². The number of hydrogen-bond donors (Lipinski definition) is 0. The summed E-state index contributed by atoms with van der Waals surface area (Å²) in [6.07, 6.45) is 0.0818. The summed E-state index contributed by atoms with van der Waals surface area (Å²) in [6, 6.07) is 11.7. The van der Waals surface area contributed by atoms with E-state index in [0.717, 1.165) is 22.4 Å². The molecule has 0 N–H and O–H groups in total. The Morgan fingerprint density at radius 3 is 2.33 bits per heavy atom. The van der Waals surface area contributed by atoms with E-state index < -0.39 is 6.10 Å². The SMILES string of the molecule is CCC(Oc1cc(C)ccc1C)C(=O)N(C)Cc1ccc(OC)c(OC)c1. The van der Waals surface area contributed by atoms with Gasteiger partial charge in [-0.25, -0.2) is 0 Å². The van der Waals surface area contributed by atoms with Gasteiger partial charge in [0.05, 0.1) is 14.2 Å². The van der Waals surface area contributed by atoms with Crippen LogP contribution in [0.5, 0.6) is 17.2 Å². The molecule has 5 heteroatoms. The van der Waals surface area contributed by atoms with Crippen LogP contribution in [0.15, 0.2) is 36.4 Å². The van der Waals surface area contributed by atoms with Crippen LogP contribution in [0.3, 0.4) is 0 Å². The number of amides is 1. The Balaban J connectivity index is 2.11. The van der Waals surface area contributed by atoms with E-state index in [1.807, 2.05) is 57.2 Å². The lowest BCUT2D eigenvalue weighted by molar-refractivity contribution is -0.138. The zero-order valence-corrected chi connectivity index (χ0v) is 17.0. The molecule has 5 nitrogen and oxygen atoms in total. The van der Waals surface area contributed by atoms with E-state index in [1.165, 1.54) is 0 Å². The Kier molecular flexibility index (Phi) is 7.11.